The predicted octanol–water partition coefficient (Wildman–Crippen LogP) is 5.22. The Hall–Kier alpha value is -1.31. The first-order valence-corrected chi connectivity index (χ1v) is 13.5. The molecule has 1 fully saturated rings. The summed E-state index contributed by atoms with van der Waals surface area (Å²) in [5.41, 5.74) is 3.54. The first-order chi connectivity index (χ1) is 15.3. The second-order valence-electron chi connectivity index (χ2n) is 8.75. The molecular formula is C24H31Cl2N3O2S. The molecule has 1 heterocycles. The highest BCUT2D eigenvalue weighted by atomic mass is 35.5. The summed E-state index contributed by atoms with van der Waals surface area (Å²) in [6, 6.07) is 10.9. The van der Waals surface area contributed by atoms with Crippen molar-refractivity contribution in [2.75, 3.05) is 44.7 Å². The second kappa shape index (κ2) is 9.90. The summed E-state index contributed by atoms with van der Waals surface area (Å²) in [5, 5.41) is 0.635. The van der Waals surface area contributed by atoms with E-state index in [1.165, 1.54) is 34.1 Å². The van der Waals surface area contributed by atoms with Gasteiger partial charge in [0.2, 0.25) is 10.0 Å². The molecule has 174 valence electrons. The molecule has 0 N–H and O–H groups in total. The lowest BCUT2D eigenvalue weighted by molar-refractivity contribution is 0.258. The Balaban J connectivity index is 1.60. The summed E-state index contributed by atoms with van der Waals surface area (Å²) in [5.74, 6) is 0. The van der Waals surface area contributed by atoms with Crippen LogP contribution in [0.5, 0.6) is 0 Å². The van der Waals surface area contributed by atoms with Crippen LogP contribution in [0.1, 0.15) is 43.4 Å². The minimum atomic E-state index is -3.73. The van der Waals surface area contributed by atoms with E-state index in [4.69, 9.17) is 23.2 Å². The minimum Gasteiger partial charge on any atom is -0.369 e. The molecular weight excluding hydrogens is 465 g/mol. The summed E-state index contributed by atoms with van der Waals surface area (Å²) in [6.45, 7) is 7.50. The lowest BCUT2D eigenvalue weighted by atomic mass is 9.87. The van der Waals surface area contributed by atoms with E-state index in [9.17, 15) is 8.42 Å². The number of piperazine rings is 1. The summed E-state index contributed by atoms with van der Waals surface area (Å²) in [4.78, 5) is 5.06. The molecule has 2 aromatic carbocycles. The van der Waals surface area contributed by atoms with Gasteiger partial charge in [0.25, 0.3) is 0 Å². The second-order valence-corrected chi connectivity index (χ2v) is 11.6. The highest BCUT2D eigenvalue weighted by Crippen LogP contribution is 2.39. The fraction of sp³-hybridized carbons (Fsp3) is 0.500. The van der Waals surface area contributed by atoms with E-state index in [1.54, 1.807) is 13.1 Å². The third-order valence-electron chi connectivity index (χ3n) is 6.64. The van der Waals surface area contributed by atoms with Gasteiger partial charge in [-0.05, 0) is 73.7 Å². The highest BCUT2D eigenvalue weighted by molar-refractivity contribution is 7.89. The zero-order chi connectivity index (χ0) is 22.9. The lowest BCUT2D eigenvalue weighted by Gasteiger charge is -2.37. The fourth-order valence-electron chi connectivity index (χ4n) is 4.89. The molecule has 0 saturated carbocycles. The topological polar surface area (TPSA) is 43.9 Å². The van der Waals surface area contributed by atoms with Crippen molar-refractivity contribution < 1.29 is 8.42 Å². The number of halogens is 2. The van der Waals surface area contributed by atoms with Gasteiger partial charge in [-0.1, -0.05) is 36.2 Å². The average Bonchev–Trinajstić information content (AvgIpc) is 2.78. The molecule has 1 aliphatic heterocycles. The average molecular weight is 497 g/mol. The number of benzene rings is 2. The van der Waals surface area contributed by atoms with Crippen LogP contribution < -0.4 is 4.90 Å². The molecule has 32 heavy (non-hydrogen) atoms. The van der Waals surface area contributed by atoms with Gasteiger partial charge in [0.1, 0.15) is 0 Å². The van der Waals surface area contributed by atoms with Gasteiger partial charge < -0.3 is 4.90 Å². The monoisotopic (exact) mass is 495 g/mol. The molecule has 0 spiro atoms. The number of sulfonamides is 1. The largest absolute Gasteiger partial charge is 0.369 e. The zero-order valence-electron chi connectivity index (χ0n) is 18.7. The molecule has 1 aliphatic carbocycles. The van der Waals surface area contributed by atoms with Gasteiger partial charge in [0.15, 0.2) is 0 Å². The van der Waals surface area contributed by atoms with Crippen molar-refractivity contribution in [2.45, 2.75) is 43.5 Å². The van der Waals surface area contributed by atoms with Crippen molar-refractivity contribution in [2.24, 2.45) is 0 Å². The summed E-state index contributed by atoms with van der Waals surface area (Å²) >= 11 is 12.2. The molecule has 2 aliphatic rings. The molecule has 1 saturated heterocycles. The summed E-state index contributed by atoms with van der Waals surface area (Å²) in [7, 11) is -2.07. The maximum atomic E-state index is 13.4. The first-order valence-electron chi connectivity index (χ1n) is 11.3. The Morgan fingerprint density at radius 3 is 2.38 bits per heavy atom. The zero-order valence-corrected chi connectivity index (χ0v) is 21.1. The van der Waals surface area contributed by atoms with E-state index in [2.05, 4.69) is 34.9 Å². The van der Waals surface area contributed by atoms with Crippen molar-refractivity contribution >= 4 is 38.9 Å². The summed E-state index contributed by atoms with van der Waals surface area (Å²) in [6.07, 6.45) is 3.92. The number of aryl methyl sites for hydroxylation is 1. The Morgan fingerprint density at radius 1 is 1.03 bits per heavy atom. The van der Waals surface area contributed by atoms with E-state index in [1.807, 2.05) is 0 Å². The van der Waals surface area contributed by atoms with Crippen LogP contribution >= 0.6 is 23.2 Å². The van der Waals surface area contributed by atoms with Crippen molar-refractivity contribution in [3.05, 3.63) is 57.6 Å². The Morgan fingerprint density at radius 2 is 1.72 bits per heavy atom. The molecule has 1 atom stereocenters. The normalized spacial score (nSPS) is 19.9. The number of rotatable bonds is 6. The Labute approximate surface area is 202 Å². The number of hydrogen-bond acceptors (Lipinski definition) is 4. The molecule has 0 amide bonds. The van der Waals surface area contributed by atoms with E-state index in [-0.39, 0.29) is 10.9 Å². The van der Waals surface area contributed by atoms with Crippen LogP contribution in [0.4, 0.5) is 5.69 Å². The van der Waals surface area contributed by atoms with E-state index >= 15 is 0 Å². The quantitative estimate of drug-likeness (QED) is 0.550. The summed E-state index contributed by atoms with van der Waals surface area (Å²) < 4.78 is 28.3. The molecule has 8 heteroatoms. The number of nitrogens with zero attached hydrogens (tertiary/aromatic N) is 3. The van der Waals surface area contributed by atoms with Gasteiger partial charge in [-0.25, -0.2) is 8.42 Å². The predicted molar refractivity (Wildman–Crippen MR) is 132 cm³/mol. The molecule has 5 nitrogen and oxygen atoms in total. The number of anilines is 1. The van der Waals surface area contributed by atoms with E-state index in [0.717, 1.165) is 57.5 Å². The molecule has 0 bridgehead atoms. The minimum absolute atomic E-state index is 0.132. The van der Waals surface area contributed by atoms with Crippen LogP contribution in [0, 0.1) is 0 Å². The van der Waals surface area contributed by atoms with Crippen molar-refractivity contribution in [1.82, 2.24) is 9.21 Å². The molecule has 2 aromatic rings. The smallest absolute Gasteiger partial charge is 0.243 e. The third-order valence-corrected chi connectivity index (χ3v) is 8.92. The van der Waals surface area contributed by atoms with Crippen LogP contribution in [-0.4, -0.2) is 57.4 Å². The van der Waals surface area contributed by atoms with Crippen molar-refractivity contribution in [1.29, 1.82) is 0 Å². The van der Waals surface area contributed by atoms with Gasteiger partial charge >= 0.3 is 0 Å². The maximum Gasteiger partial charge on any atom is 0.243 e. The van der Waals surface area contributed by atoms with Crippen molar-refractivity contribution in [3.63, 3.8) is 0 Å². The maximum absolute atomic E-state index is 13.4. The standard InChI is InChI=1S/C24H31Cl2N3O2S/c1-3-9-28-10-12-29(13-11-28)21-8-7-18-5-4-6-24(23(18)17-21)27(2)32(30,31)22-15-19(25)14-20(26)16-22/h7-8,14-17,24H,3-6,9-13H2,1-2H3. The van der Waals surface area contributed by atoms with Gasteiger partial charge in [-0.2, -0.15) is 4.31 Å². The molecule has 0 radical (unpaired) electrons. The lowest BCUT2D eigenvalue weighted by Crippen LogP contribution is -2.46. The molecule has 1 unspecified atom stereocenters. The highest BCUT2D eigenvalue weighted by Gasteiger charge is 2.33. The van der Waals surface area contributed by atoms with Gasteiger partial charge in [-0.3, -0.25) is 4.90 Å². The van der Waals surface area contributed by atoms with Crippen LogP contribution in [-0.2, 0) is 16.4 Å². The fourth-order valence-corrected chi connectivity index (χ4v) is 6.99. The number of fused-ring (bicyclic) bond motifs is 1. The van der Waals surface area contributed by atoms with Crippen LogP contribution in [0.2, 0.25) is 10.0 Å². The van der Waals surface area contributed by atoms with Gasteiger partial charge in [0.05, 0.1) is 10.9 Å². The van der Waals surface area contributed by atoms with E-state index in [0.29, 0.717) is 10.0 Å². The van der Waals surface area contributed by atoms with Gasteiger partial charge in [-0.15, -0.1) is 0 Å². The number of hydrogen-bond donors (Lipinski definition) is 0. The molecule has 0 aromatic heterocycles. The van der Waals surface area contributed by atoms with E-state index < -0.39 is 10.0 Å². The Kier molecular flexibility index (Phi) is 7.37. The first kappa shape index (κ1) is 23.8. The Bertz CT molecular complexity index is 1050. The molecule has 4 rings (SSSR count). The van der Waals surface area contributed by atoms with Crippen LogP contribution in [0.15, 0.2) is 41.3 Å². The van der Waals surface area contributed by atoms with Gasteiger partial charge in [0, 0.05) is 49.0 Å². The third kappa shape index (κ3) is 4.95. The van der Waals surface area contributed by atoms with Crippen LogP contribution in [0.25, 0.3) is 0 Å². The van der Waals surface area contributed by atoms with Crippen molar-refractivity contribution in [3.8, 4) is 0 Å². The van der Waals surface area contributed by atoms with Crippen LogP contribution in [0.3, 0.4) is 0 Å². The SMILES string of the molecule is CCCN1CCN(c2ccc3c(c2)C(N(C)S(=O)(=O)c2cc(Cl)cc(Cl)c2)CCC3)CC1.